The second-order valence-corrected chi connectivity index (χ2v) is 10.4. The van der Waals surface area contributed by atoms with Crippen molar-refractivity contribution < 1.29 is 19.8 Å². The Labute approximate surface area is 234 Å². The molecule has 3 aromatic carbocycles. The molecule has 4 aromatic rings. The van der Waals surface area contributed by atoms with E-state index >= 15 is 0 Å². The summed E-state index contributed by atoms with van der Waals surface area (Å²) in [6, 6.07) is 23.2. The molecule has 0 aliphatic carbocycles. The van der Waals surface area contributed by atoms with E-state index in [1.807, 2.05) is 79.9 Å². The Kier molecular flexibility index (Phi) is 8.63. The number of hydroxylamine groups is 2. The number of nitrogens with zero attached hydrogens (tertiary/aromatic N) is 1. The maximum Gasteiger partial charge on any atom is 0.240 e. The number of aromatic amines is 1. The average Bonchev–Trinajstić information content (AvgIpc) is 3.55. The lowest BCUT2D eigenvalue weighted by atomic mass is 9.92. The first-order valence-corrected chi connectivity index (χ1v) is 13.7. The zero-order valence-corrected chi connectivity index (χ0v) is 22.8. The van der Waals surface area contributed by atoms with Crippen molar-refractivity contribution >= 4 is 16.8 Å². The molecular weight excluding hydrogens is 502 g/mol. The van der Waals surface area contributed by atoms with Crippen LogP contribution in [0.3, 0.4) is 0 Å². The lowest BCUT2D eigenvalue weighted by Gasteiger charge is -2.24. The minimum Gasteiger partial charge on any atom is -0.396 e. The summed E-state index contributed by atoms with van der Waals surface area (Å²) in [5, 5.41) is 26.3. The van der Waals surface area contributed by atoms with E-state index in [0.717, 1.165) is 33.2 Å². The number of H-pyrrole nitrogens is 1. The molecular formula is C33H35N3O4. The standard InChI is InChI=1S/C33H35N3O4/c1-22-7-9-24(10-8-22)11-12-25-13-15-26(16-14-25)20-36-31(29(21-37)32(40-36)23(2)38)33(39)34-18-17-27-19-35-30-6-4-3-5-28(27)30/h3-10,13-16,19,23,29,31-32,35,37-38H,17-18,20-21H2,1-2H3,(H,34,39)/t23-,29-,31-,32-/m1/s1. The number of fused-ring (bicyclic) bond motifs is 1. The SMILES string of the molecule is Cc1ccc(C#Cc2ccc(CN3O[C@H]([C@@H](C)O)[C@H](CO)[C@@H]3C(=O)NCCc3c[nH]c4ccccc34)cc2)cc1. The van der Waals surface area contributed by atoms with Crippen molar-refractivity contribution in [2.24, 2.45) is 5.92 Å². The first-order chi connectivity index (χ1) is 19.4. The predicted molar refractivity (Wildman–Crippen MR) is 155 cm³/mol. The largest absolute Gasteiger partial charge is 0.396 e. The van der Waals surface area contributed by atoms with Gasteiger partial charge in [-0.3, -0.25) is 9.63 Å². The summed E-state index contributed by atoms with van der Waals surface area (Å²) in [6.07, 6.45) is 1.10. The van der Waals surface area contributed by atoms with Crippen LogP contribution in [0.15, 0.2) is 79.0 Å². The Hall–Kier alpha value is -3.93. The van der Waals surface area contributed by atoms with Gasteiger partial charge in [0.2, 0.25) is 5.91 Å². The molecule has 1 aliphatic heterocycles. The van der Waals surface area contributed by atoms with Crippen molar-refractivity contribution in [2.45, 2.75) is 45.1 Å². The van der Waals surface area contributed by atoms with Crippen molar-refractivity contribution in [1.29, 1.82) is 0 Å². The molecule has 1 saturated heterocycles. The number of aliphatic hydroxyl groups excluding tert-OH is 2. The van der Waals surface area contributed by atoms with Crippen LogP contribution >= 0.6 is 0 Å². The van der Waals surface area contributed by atoms with Crippen molar-refractivity contribution in [3.63, 3.8) is 0 Å². The third-order valence-electron chi connectivity index (χ3n) is 7.41. The number of para-hydroxylation sites is 1. The van der Waals surface area contributed by atoms with Gasteiger partial charge in [-0.2, -0.15) is 5.06 Å². The van der Waals surface area contributed by atoms with Gasteiger partial charge in [-0.15, -0.1) is 0 Å². The van der Waals surface area contributed by atoms with E-state index in [1.165, 1.54) is 5.56 Å². The van der Waals surface area contributed by atoms with Gasteiger partial charge in [0.1, 0.15) is 12.1 Å². The van der Waals surface area contributed by atoms with Crippen LogP contribution in [0.1, 0.15) is 34.7 Å². The molecule has 1 aliphatic rings. The number of carbonyl (C=O) groups is 1. The quantitative estimate of drug-likeness (QED) is 0.257. The van der Waals surface area contributed by atoms with Gasteiger partial charge in [0.15, 0.2) is 0 Å². The highest BCUT2D eigenvalue weighted by Gasteiger charge is 2.48. The normalized spacial score (nSPS) is 19.8. The molecule has 0 bridgehead atoms. The lowest BCUT2D eigenvalue weighted by molar-refractivity contribution is -0.192. The monoisotopic (exact) mass is 537 g/mol. The smallest absolute Gasteiger partial charge is 0.240 e. The fraction of sp³-hybridized carbons (Fsp3) is 0.303. The minimum absolute atomic E-state index is 0.234. The fourth-order valence-electron chi connectivity index (χ4n) is 5.22. The van der Waals surface area contributed by atoms with Gasteiger partial charge in [0.05, 0.1) is 19.3 Å². The van der Waals surface area contributed by atoms with E-state index in [1.54, 1.807) is 12.0 Å². The van der Waals surface area contributed by atoms with E-state index in [9.17, 15) is 15.0 Å². The van der Waals surface area contributed by atoms with Crippen LogP contribution < -0.4 is 5.32 Å². The number of hydrogen-bond acceptors (Lipinski definition) is 5. The molecule has 0 spiro atoms. The van der Waals surface area contributed by atoms with Gasteiger partial charge in [-0.25, -0.2) is 0 Å². The summed E-state index contributed by atoms with van der Waals surface area (Å²) >= 11 is 0. The van der Waals surface area contributed by atoms with Gasteiger partial charge >= 0.3 is 0 Å². The summed E-state index contributed by atoms with van der Waals surface area (Å²) in [7, 11) is 0. The first kappa shape index (κ1) is 27.6. The molecule has 40 heavy (non-hydrogen) atoms. The molecule has 206 valence electrons. The summed E-state index contributed by atoms with van der Waals surface area (Å²) in [6.45, 7) is 4.15. The zero-order valence-electron chi connectivity index (χ0n) is 22.8. The van der Waals surface area contributed by atoms with Crippen LogP contribution in [0.4, 0.5) is 0 Å². The van der Waals surface area contributed by atoms with Crippen LogP contribution in [0.5, 0.6) is 0 Å². The Balaban J connectivity index is 1.26. The second kappa shape index (κ2) is 12.5. The van der Waals surface area contributed by atoms with Crippen LogP contribution in [0.25, 0.3) is 10.9 Å². The van der Waals surface area contributed by atoms with E-state index in [0.29, 0.717) is 19.5 Å². The number of benzene rings is 3. The molecule has 0 unspecified atom stereocenters. The van der Waals surface area contributed by atoms with Gasteiger partial charge in [0.25, 0.3) is 0 Å². The molecule has 7 nitrogen and oxygen atoms in total. The van der Waals surface area contributed by atoms with Gasteiger partial charge in [-0.05, 0) is 61.7 Å². The Bertz CT molecular complexity index is 1500. The number of carbonyl (C=O) groups excluding carboxylic acids is 1. The van der Waals surface area contributed by atoms with Crippen LogP contribution in [0, 0.1) is 24.7 Å². The van der Waals surface area contributed by atoms with Crippen molar-refractivity contribution in [3.05, 3.63) is 107 Å². The number of hydrogen-bond donors (Lipinski definition) is 4. The van der Waals surface area contributed by atoms with E-state index in [-0.39, 0.29) is 12.5 Å². The number of nitrogens with one attached hydrogen (secondary N) is 2. The number of aliphatic hydroxyl groups is 2. The Morgan fingerprint density at radius 1 is 1.05 bits per heavy atom. The van der Waals surface area contributed by atoms with Crippen molar-refractivity contribution in [1.82, 2.24) is 15.4 Å². The molecule has 5 rings (SSSR count). The van der Waals surface area contributed by atoms with Gasteiger partial charge in [-0.1, -0.05) is 59.9 Å². The molecule has 4 atom stereocenters. The van der Waals surface area contributed by atoms with E-state index < -0.39 is 24.2 Å². The number of amides is 1. The maximum absolute atomic E-state index is 13.4. The first-order valence-electron chi connectivity index (χ1n) is 13.7. The average molecular weight is 538 g/mol. The summed E-state index contributed by atoms with van der Waals surface area (Å²) in [5.74, 6) is 5.57. The number of rotatable bonds is 8. The second-order valence-electron chi connectivity index (χ2n) is 10.4. The predicted octanol–water partition coefficient (Wildman–Crippen LogP) is 3.71. The fourth-order valence-corrected chi connectivity index (χ4v) is 5.22. The summed E-state index contributed by atoms with van der Waals surface area (Å²) in [5.41, 5.74) is 6.15. The van der Waals surface area contributed by atoms with Gasteiger partial charge < -0.3 is 20.5 Å². The third-order valence-corrected chi connectivity index (χ3v) is 7.41. The number of aromatic nitrogens is 1. The molecule has 7 heteroatoms. The van der Waals surface area contributed by atoms with Gasteiger partial charge in [0, 0.05) is 40.7 Å². The highest BCUT2D eigenvalue weighted by Crippen LogP contribution is 2.31. The molecule has 0 radical (unpaired) electrons. The molecule has 2 heterocycles. The van der Waals surface area contributed by atoms with Crippen LogP contribution in [0.2, 0.25) is 0 Å². The van der Waals surface area contributed by atoms with Crippen LogP contribution in [-0.4, -0.2) is 57.6 Å². The third kappa shape index (κ3) is 6.27. The van der Waals surface area contributed by atoms with Crippen molar-refractivity contribution in [2.75, 3.05) is 13.2 Å². The summed E-state index contributed by atoms with van der Waals surface area (Å²) < 4.78 is 0. The molecule has 1 amide bonds. The van der Waals surface area contributed by atoms with Crippen molar-refractivity contribution in [3.8, 4) is 11.8 Å². The van der Waals surface area contributed by atoms with E-state index in [2.05, 4.69) is 28.2 Å². The molecule has 4 N–H and O–H groups in total. The van der Waals surface area contributed by atoms with Crippen LogP contribution in [-0.2, 0) is 22.6 Å². The molecule has 0 saturated carbocycles. The lowest BCUT2D eigenvalue weighted by Crippen LogP contribution is -2.48. The maximum atomic E-state index is 13.4. The highest BCUT2D eigenvalue weighted by atomic mass is 16.7. The summed E-state index contributed by atoms with van der Waals surface area (Å²) in [4.78, 5) is 22.7. The van der Waals surface area contributed by atoms with E-state index in [4.69, 9.17) is 4.84 Å². The number of aryl methyl sites for hydroxylation is 1. The highest BCUT2D eigenvalue weighted by molar-refractivity contribution is 5.84. The minimum atomic E-state index is -0.844. The molecule has 1 aromatic heterocycles. The Morgan fingerprint density at radius 2 is 1.73 bits per heavy atom. The Morgan fingerprint density at radius 3 is 2.40 bits per heavy atom. The molecule has 1 fully saturated rings. The topological polar surface area (TPSA) is 97.8 Å². The zero-order chi connectivity index (χ0) is 28.1.